The molecule has 2 aliphatic rings. The molecule has 1 saturated heterocycles. The molecule has 1 aromatic carbocycles. The fourth-order valence-corrected chi connectivity index (χ4v) is 3.62. The minimum absolute atomic E-state index is 1.04. The summed E-state index contributed by atoms with van der Waals surface area (Å²) in [4.78, 5) is 13.9. The van der Waals surface area contributed by atoms with Gasteiger partial charge in [-0.25, -0.2) is 9.97 Å². The van der Waals surface area contributed by atoms with Crippen LogP contribution in [0.15, 0.2) is 30.6 Å². The van der Waals surface area contributed by atoms with Gasteiger partial charge in [-0.2, -0.15) is 0 Å². The fraction of sp³-hybridized carbons (Fsp3) is 0.444. The van der Waals surface area contributed by atoms with E-state index in [9.17, 15) is 0 Å². The zero-order valence-electron chi connectivity index (χ0n) is 13.1. The molecular weight excluding hydrogens is 272 g/mol. The van der Waals surface area contributed by atoms with Gasteiger partial charge in [0.15, 0.2) is 0 Å². The Morgan fingerprint density at radius 1 is 0.955 bits per heavy atom. The maximum atomic E-state index is 4.58. The van der Waals surface area contributed by atoms with Crippen LogP contribution in [0.25, 0.3) is 0 Å². The van der Waals surface area contributed by atoms with Crippen molar-refractivity contribution in [3.05, 3.63) is 47.4 Å². The van der Waals surface area contributed by atoms with E-state index in [-0.39, 0.29) is 0 Å². The summed E-state index contributed by atoms with van der Waals surface area (Å²) < 4.78 is 0. The molecule has 0 N–H and O–H groups in total. The molecule has 0 bridgehead atoms. The predicted octanol–water partition coefficient (Wildman–Crippen LogP) is 2.60. The number of nitrogens with zero attached hydrogens (tertiary/aromatic N) is 4. The summed E-state index contributed by atoms with van der Waals surface area (Å²) in [5, 5.41) is 0. The van der Waals surface area contributed by atoms with E-state index in [0.29, 0.717) is 0 Å². The van der Waals surface area contributed by atoms with E-state index >= 15 is 0 Å². The quantitative estimate of drug-likeness (QED) is 0.852. The Morgan fingerprint density at radius 3 is 2.59 bits per heavy atom. The first-order chi connectivity index (χ1) is 10.8. The van der Waals surface area contributed by atoms with Gasteiger partial charge in [0, 0.05) is 43.1 Å². The van der Waals surface area contributed by atoms with Gasteiger partial charge < -0.3 is 9.80 Å². The number of rotatable bonds is 2. The molecule has 4 rings (SSSR count). The Bertz CT molecular complexity index is 675. The number of aryl methyl sites for hydroxylation is 2. The van der Waals surface area contributed by atoms with Crippen LogP contribution in [0.5, 0.6) is 0 Å². The minimum atomic E-state index is 1.04. The average molecular weight is 294 g/mol. The van der Waals surface area contributed by atoms with Gasteiger partial charge in [0.25, 0.3) is 0 Å². The molecule has 1 aromatic heterocycles. The normalized spacial score (nSPS) is 17.7. The van der Waals surface area contributed by atoms with Gasteiger partial charge in [-0.3, -0.25) is 0 Å². The highest BCUT2D eigenvalue weighted by Gasteiger charge is 2.24. The van der Waals surface area contributed by atoms with E-state index in [4.69, 9.17) is 0 Å². The molecule has 2 heterocycles. The molecule has 1 fully saturated rings. The van der Waals surface area contributed by atoms with E-state index in [2.05, 4.69) is 51.0 Å². The van der Waals surface area contributed by atoms with Crippen molar-refractivity contribution in [1.29, 1.82) is 0 Å². The van der Waals surface area contributed by atoms with Crippen LogP contribution < -0.4 is 9.80 Å². The molecule has 0 amide bonds. The van der Waals surface area contributed by atoms with E-state index < -0.39 is 0 Å². The monoisotopic (exact) mass is 294 g/mol. The van der Waals surface area contributed by atoms with Crippen LogP contribution in [0.4, 0.5) is 11.5 Å². The summed E-state index contributed by atoms with van der Waals surface area (Å²) in [5.41, 5.74) is 5.33. The first-order valence-corrected chi connectivity index (χ1v) is 8.20. The third-order valence-electron chi connectivity index (χ3n) is 4.80. The summed E-state index contributed by atoms with van der Waals surface area (Å²) in [6.45, 7) is 6.35. The second kappa shape index (κ2) is 5.59. The molecular formula is C18H22N4. The lowest BCUT2D eigenvalue weighted by atomic mass is 10.1. The number of hydrogen-bond acceptors (Lipinski definition) is 4. The fourth-order valence-electron chi connectivity index (χ4n) is 3.62. The molecule has 2 aromatic rings. The maximum absolute atomic E-state index is 4.58. The molecule has 0 unspecified atom stereocenters. The lowest BCUT2D eigenvalue weighted by Gasteiger charge is -2.37. The largest absolute Gasteiger partial charge is 0.368 e. The topological polar surface area (TPSA) is 32.3 Å². The van der Waals surface area contributed by atoms with Gasteiger partial charge in [0.1, 0.15) is 12.1 Å². The number of fused-ring (bicyclic) bond motifs is 1. The smallest absolute Gasteiger partial charge is 0.135 e. The summed E-state index contributed by atoms with van der Waals surface area (Å²) in [5.74, 6) is 1.19. The number of piperazine rings is 1. The molecule has 22 heavy (non-hydrogen) atoms. The highest BCUT2D eigenvalue weighted by atomic mass is 15.3. The van der Waals surface area contributed by atoms with Crippen LogP contribution in [0.1, 0.15) is 23.2 Å². The van der Waals surface area contributed by atoms with Gasteiger partial charge in [-0.1, -0.05) is 12.1 Å². The molecule has 1 aliphatic heterocycles. The van der Waals surface area contributed by atoms with E-state index in [0.717, 1.165) is 39.0 Å². The van der Waals surface area contributed by atoms with E-state index in [1.165, 1.54) is 34.7 Å². The van der Waals surface area contributed by atoms with Crippen molar-refractivity contribution < 1.29 is 0 Å². The summed E-state index contributed by atoms with van der Waals surface area (Å²) in [7, 11) is 0. The third kappa shape index (κ3) is 2.43. The number of aromatic nitrogens is 2. The van der Waals surface area contributed by atoms with Crippen molar-refractivity contribution in [2.45, 2.75) is 26.2 Å². The van der Waals surface area contributed by atoms with Crippen molar-refractivity contribution in [3.63, 3.8) is 0 Å². The van der Waals surface area contributed by atoms with Crippen molar-refractivity contribution in [2.75, 3.05) is 36.0 Å². The van der Waals surface area contributed by atoms with Crippen LogP contribution in [0.3, 0.4) is 0 Å². The Kier molecular flexibility index (Phi) is 3.45. The molecule has 0 radical (unpaired) electrons. The highest BCUT2D eigenvalue weighted by Crippen LogP contribution is 2.29. The lowest BCUT2D eigenvalue weighted by molar-refractivity contribution is 0.644. The van der Waals surface area contributed by atoms with Crippen LogP contribution in [0, 0.1) is 6.92 Å². The third-order valence-corrected chi connectivity index (χ3v) is 4.80. The minimum Gasteiger partial charge on any atom is -0.368 e. The van der Waals surface area contributed by atoms with Gasteiger partial charge in [-0.15, -0.1) is 0 Å². The first-order valence-electron chi connectivity index (χ1n) is 8.20. The zero-order valence-corrected chi connectivity index (χ0v) is 13.1. The van der Waals surface area contributed by atoms with Crippen molar-refractivity contribution in [3.8, 4) is 0 Å². The molecule has 0 spiro atoms. The Morgan fingerprint density at radius 2 is 1.77 bits per heavy atom. The molecule has 4 nitrogen and oxygen atoms in total. The summed E-state index contributed by atoms with van der Waals surface area (Å²) >= 11 is 0. The Labute approximate surface area is 131 Å². The molecule has 114 valence electrons. The number of anilines is 2. The zero-order chi connectivity index (χ0) is 14.9. The van der Waals surface area contributed by atoms with Gasteiger partial charge >= 0.3 is 0 Å². The molecule has 0 atom stereocenters. The van der Waals surface area contributed by atoms with Crippen molar-refractivity contribution in [2.24, 2.45) is 0 Å². The maximum Gasteiger partial charge on any atom is 0.135 e. The van der Waals surface area contributed by atoms with Gasteiger partial charge in [-0.05, 0) is 43.9 Å². The van der Waals surface area contributed by atoms with E-state index in [1.807, 2.05) is 0 Å². The van der Waals surface area contributed by atoms with Crippen molar-refractivity contribution >= 4 is 11.5 Å². The van der Waals surface area contributed by atoms with Crippen LogP contribution in [0.2, 0.25) is 0 Å². The number of benzene rings is 1. The summed E-state index contributed by atoms with van der Waals surface area (Å²) in [6, 6.07) is 8.79. The van der Waals surface area contributed by atoms with Crippen LogP contribution in [-0.2, 0) is 12.8 Å². The average Bonchev–Trinajstić information content (AvgIpc) is 3.04. The van der Waals surface area contributed by atoms with Crippen LogP contribution >= 0.6 is 0 Å². The second-order valence-corrected chi connectivity index (χ2v) is 6.29. The standard InChI is InChI=1S/C18H22N4/c1-14-4-2-5-15(12-14)21-8-10-22(11-9-21)18-16-6-3-7-17(16)19-13-20-18/h2,4-5,12-13H,3,6-11H2,1H3. The number of hydrogen-bond donors (Lipinski definition) is 0. The second-order valence-electron chi connectivity index (χ2n) is 6.29. The Hall–Kier alpha value is -2.10. The molecule has 0 saturated carbocycles. The first kappa shape index (κ1) is 13.6. The molecule has 1 aliphatic carbocycles. The summed E-state index contributed by atoms with van der Waals surface area (Å²) in [6.07, 6.45) is 5.23. The Balaban J connectivity index is 1.50. The van der Waals surface area contributed by atoms with Crippen LogP contribution in [-0.4, -0.2) is 36.1 Å². The highest BCUT2D eigenvalue weighted by molar-refractivity contribution is 5.54. The van der Waals surface area contributed by atoms with Gasteiger partial charge in [0.2, 0.25) is 0 Å². The van der Waals surface area contributed by atoms with Crippen molar-refractivity contribution in [1.82, 2.24) is 9.97 Å². The lowest BCUT2D eigenvalue weighted by Crippen LogP contribution is -2.47. The van der Waals surface area contributed by atoms with E-state index in [1.54, 1.807) is 6.33 Å². The molecule has 4 heteroatoms. The predicted molar refractivity (Wildman–Crippen MR) is 89.7 cm³/mol. The SMILES string of the molecule is Cc1cccc(N2CCN(c3ncnc4c3CCC4)CC2)c1. The van der Waals surface area contributed by atoms with Gasteiger partial charge in [0.05, 0.1) is 0 Å².